The van der Waals surface area contributed by atoms with E-state index in [9.17, 15) is 20.2 Å². The van der Waals surface area contributed by atoms with E-state index in [0.29, 0.717) is 5.56 Å². The van der Waals surface area contributed by atoms with Gasteiger partial charge in [-0.2, -0.15) is 10.5 Å². The molecule has 0 heterocycles. The number of nitro benzene ring substituents is 1. The summed E-state index contributed by atoms with van der Waals surface area (Å²) in [6.45, 7) is -0.236. The minimum absolute atomic E-state index is 0.127. The largest absolute Gasteiger partial charge is 0.493 e. The van der Waals surface area contributed by atoms with Crippen LogP contribution in [0.15, 0.2) is 42.0 Å². The average Bonchev–Trinajstić information content (AvgIpc) is 2.70. The molecule has 0 bridgehead atoms. The molecule has 0 aliphatic rings. The molecular weight excluding hydrogens is 400 g/mol. The molecule has 0 saturated carbocycles. The molecule has 0 fully saturated rings. The number of hydrogen-bond acceptors (Lipinski definition) is 7. The van der Waals surface area contributed by atoms with E-state index in [-0.39, 0.29) is 40.1 Å². The second-order valence-electron chi connectivity index (χ2n) is 5.41. The molecule has 2 aromatic carbocycles. The number of carbonyl (C=O) groups is 1. The fourth-order valence-electron chi connectivity index (χ4n) is 2.28. The highest BCUT2D eigenvalue weighted by atomic mass is 35.5. The van der Waals surface area contributed by atoms with Crippen LogP contribution in [0.1, 0.15) is 5.56 Å². The number of nitro groups is 1. The number of halogens is 1. The summed E-state index contributed by atoms with van der Waals surface area (Å²) in [6.07, 6.45) is 1.27. The Morgan fingerprint density at radius 2 is 2.10 bits per heavy atom. The molecule has 0 aliphatic heterocycles. The van der Waals surface area contributed by atoms with Crippen LogP contribution in [0.3, 0.4) is 0 Å². The van der Waals surface area contributed by atoms with Crippen LogP contribution in [0.2, 0.25) is 5.02 Å². The highest BCUT2D eigenvalue weighted by molar-refractivity contribution is 6.32. The number of ether oxygens (including phenoxy) is 2. The van der Waals surface area contributed by atoms with Crippen LogP contribution in [0.4, 0.5) is 11.4 Å². The van der Waals surface area contributed by atoms with Crippen LogP contribution >= 0.6 is 11.6 Å². The molecule has 0 atom stereocenters. The molecule has 146 valence electrons. The number of anilines is 1. The fraction of sp³-hybridized carbons (Fsp3) is 0.105. The van der Waals surface area contributed by atoms with Gasteiger partial charge < -0.3 is 14.8 Å². The molecule has 0 radical (unpaired) electrons. The summed E-state index contributed by atoms with van der Waals surface area (Å²) in [5.41, 5.74) is 0.0817. The third-order valence-corrected chi connectivity index (χ3v) is 3.80. The zero-order valence-corrected chi connectivity index (χ0v) is 15.8. The van der Waals surface area contributed by atoms with Crippen LogP contribution in [-0.4, -0.2) is 24.5 Å². The Hall–Kier alpha value is -4.08. The maximum atomic E-state index is 12.4. The minimum atomic E-state index is -0.757. The van der Waals surface area contributed by atoms with Gasteiger partial charge >= 0.3 is 0 Å². The van der Waals surface area contributed by atoms with Gasteiger partial charge in [-0.15, -0.1) is 0 Å². The predicted molar refractivity (Wildman–Crippen MR) is 104 cm³/mol. The Morgan fingerprint density at radius 3 is 2.72 bits per heavy atom. The molecule has 2 rings (SSSR count). The summed E-state index contributed by atoms with van der Waals surface area (Å²) in [5, 5.41) is 31.4. The van der Waals surface area contributed by atoms with Crippen molar-refractivity contribution in [3.63, 3.8) is 0 Å². The second-order valence-corrected chi connectivity index (χ2v) is 5.82. The highest BCUT2D eigenvalue weighted by Crippen LogP contribution is 2.37. The van der Waals surface area contributed by atoms with Crippen molar-refractivity contribution in [3.8, 4) is 23.6 Å². The molecule has 0 spiro atoms. The molecular formula is C19H13ClN4O5. The van der Waals surface area contributed by atoms with Gasteiger partial charge in [-0.25, -0.2) is 0 Å². The summed E-state index contributed by atoms with van der Waals surface area (Å²) in [5.74, 6) is -0.379. The maximum absolute atomic E-state index is 12.4. The summed E-state index contributed by atoms with van der Waals surface area (Å²) >= 11 is 6.14. The smallest absolute Gasteiger partial charge is 0.271 e. The number of carbonyl (C=O) groups excluding carboxylic acids is 1. The van der Waals surface area contributed by atoms with E-state index in [4.69, 9.17) is 26.3 Å². The summed E-state index contributed by atoms with van der Waals surface area (Å²) in [7, 11) is 1.37. The first-order chi connectivity index (χ1) is 13.9. The topological polar surface area (TPSA) is 138 Å². The van der Waals surface area contributed by atoms with Crippen LogP contribution in [-0.2, 0) is 4.79 Å². The standard InChI is InChI=1S/C19H13ClN4O5/c1-28-17-9-12(8-16(20)18(17)29-6-5-21)7-13(11-22)19(25)23-14-3-2-4-15(10-14)24(26)27/h2-4,7-10H,6H2,1H3,(H,23,25)/b13-7+. The van der Waals surface area contributed by atoms with Gasteiger partial charge in [-0.05, 0) is 29.8 Å². The normalized spacial score (nSPS) is 10.4. The lowest BCUT2D eigenvalue weighted by atomic mass is 10.1. The van der Waals surface area contributed by atoms with E-state index in [1.165, 1.54) is 49.6 Å². The summed E-state index contributed by atoms with van der Waals surface area (Å²) in [4.78, 5) is 22.6. The molecule has 1 amide bonds. The lowest BCUT2D eigenvalue weighted by molar-refractivity contribution is -0.384. The summed E-state index contributed by atoms with van der Waals surface area (Å²) < 4.78 is 10.4. The van der Waals surface area contributed by atoms with Crippen LogP contribution < -0.4 is 14.8 Å². The van der Waals surface area contributed by atoms with Gasteiger partial charge in [0.25, 0.3) is 11.6 Å². The van der Waals surface area contributed by atoms with Crippen molar-refractivity contribution in [2.45, 2.75) is 0 Å². The Labute approximate surface area is 170 Å². The van der Waals surface area contributed by atoms with Gasteiger partial charge in [0, 0.05) is 17.8 Å². The number of methoxy groups -OCH3 is 1. The number of benzene rings is 2. The van der Waals surface area contributed by atoms with Crippen LogP contribution in [0, 0.1) is 32.8 Å². The van der Waals surface area contributed by atoms with Crippen molar-refractivity contribution in [3.05, 3.63) is 62.7 Å². The molecule has 29 heavy (non-hydrogen) atoms. The van der Waals surface area contributed by atoms with E-state index in [1.807, 2.05) is 6.07 Å². The highest BCUT2D eigenvalue weighted by Gasteiger charge is 2.15. The lowest BCUT2D eigenvalue weighted by Gasteiger charge is -2.11. The number of amides is 1. The quantitative estimate of drug-likeness (QED) is 0.316. The van der Waals surface area contributed by atoms with Crippen molar-refractivity contribution in [2.24, 2.45) is 0 Å². The van der Waals surface area contributed by atoms with E-state index in [1.54, 1.807) is 6.07 Å². The summed E-state index contributed by atoms with van der Waals surface area (Å²) in [6, 6.07) is 11.8. The number of non-ortho nitro benzene ring substituents is 1. The average molecular weight is 413 g/mol. The predicted octanol–water partition coefficient (Wildman–Crippen LogP) is 3.70. The third kappa shape index (κ3) is 5.45. The third-order valence-electron chi connectivity index (χ3n) is 3.52. The Balaban J connectivity index is 2.31. The van der Waals surface area contributed by atoms with Crippen LogP contribution in [0.25, 0.3) is 6.08 Å². The molecule has 0 aromatic heterocycles. The second kappa shape index (κ2) is 9.74. The van der Waals surface area contributed by atoms with Crippen molar-refractivity contribution in [1.82, 2.24) is 0 Å². The van der Waals surface area contributed by atoms with Gasteiger partial charge in [0.2, 0.25) is 0 Å². The van der Waals surface area contributed by atoms with Gasteiger partial charge in [-0.3, -0.25) is 14.9 Å². The van der Waals surface area contributed by atoms with Crippen LogP contribution in [0.5, 0.6) is 11.5 Å². The van der Waals surface area contributed by atoms with Gasteiger partial charge in [0.05, 0.1) is 17.1 Å². The fourth-order valence-corrected chi connectivity index (χ4v) is 2.55. The lowest BCUT2D eigenvalue weighted by Crippen LogP contribution is -2.13. The number of nitriles is 2. The van der Waals surface area contributed by atoms with E-state index < -0.39 is 10.8 Å². The van der Waals surface area contributed by atoms with Gasteiger partial charge in [-0.1, -0.05) is 17.7 Å². The molecule has 9 nitrogen and oxygen atoms in total. The molecule has 0 aliphatic carbocycles. The van der Waals surface area contributed by atoms with E-state index >= 15 is 0 Å². The van der Waals surface area contributed by atoms with E-state index in [0.717, 1.165) is 0 Å². The van der Waals surface area contributed by atoms with Gasteiger partial charge in [0.1, 0.15) is 17.7 Å². The molecule has 2 aromatic rings. The Kier molecular flexibility index (Phi) is 7.13. The number of nitrogens with zero attached hydrogens (tertiary/aromatic N) is 3. The maximum Gasteiger partial charge on any atom is 0.271 e. The zero-order valence-electron chi connectivity index (χ0n) is 15.0. The zero-order chi connectivity index (χ0) is 21.4. The number of nitrogens with one attached hydrogen (secondary N) is 1. The number of hydrogen-bond donors (Lipinski definition) is 1. The first kappa shape index (κ1) is 21.2. The Bertz CT molecular complexity index is 1070. The van der Waals surface area contributed by atoms with Gasteiger partial charge in [0.15, 0.2) is 18.1 Å². The molecule has 1 N–H and O–H groups in total. The first-order valence-corrected chi connectivity index (χ1v) is 8.32. The monoisotopic (exact) mass is 412 g/mol. The molecule has 10 heteroatoms. The Morgan fingerprint density at radius 1 is 1.34 bits per heavy atom. The van der Waals surface area contributed by atoms with Crippen molar-refractivity contribution in [2.75, 3.05) is 19.0 Å². The van der Waals surface area contributed by atoms with Crippen molar-refractivity contribution >= 4 is 35.0 Å². The van der Waals surface area contributed by atoms with E-state index in [2.05, 4.69) is 5.32 Å². The van der Waals surface area contributed by atoms with Crippen molar-refractivity contribution in [1.29, 1.82) is 10.5 Å². The minimum Gasteiger partial charge on any atom is -0.493 e. The first-order valence-electron chi connectivity index (χ1n) is 7.94. The SMILES string of the molecule is COc1cc(/C=C(\C#N)C(=O)Nc2cccc([N+](=O)[O-])c2)cc(Cl)c1OCC#N. The molecule has 0 saturated heterocycles. The van der Waals surface area contributed by atoms with Crippen molar-refractivity contribution < 1.29 is 19.2 Å². The number of rotatable bonds is 7. The molecule has 0 unspecified atom stereocenters.